The van der Waals surface area contributed by atoms with E-state index in [9.17, 15) is 9.59 Å². The minimum absolute atomic E-state index is 0.0383. The zero-order valence-electron chi connectivity index (χ0n) is 14.8. The topological polar surface area (TPSA) is 59.1 Å². The summed E-state index contributed by atoms with van der Waals surface area (Å²) < 4.78 is 1.01. The number of hydrogen-bond donors (Lipinski definition) is 1. The summed E-state index contributed by atoms with van der Waals surface area (Å²) in [5.41, 5.74) is 0.852. The molecule has 0 saturated heterocycles. The highest BCUT2D eigenvalue weighted by Gasteiger charge is 2.29. The highest BCUT2D eigenvalue weighted by Crippen LogP contribution is 2.26. The first kappa shape index (κ1) is 18.1. The van der Waals surface area contributed by atoms with Crippen molar-refractivity contribution in [2.24, 2.45) is 5.92 Å². The van der Waals surface area contributed by atoms with E-state index in [1.807, 2.05) is 24.3 Å². The molecule has 134 valence electrons. The largest absolute Gasteiger partial charge is 0.346 e. The van der Waals surface area contributed by atoms with Gasteiger partial charge in [0.2, 0.25) is 11.7 Å². The van der Waals surface area contributed by atoms with Gasteiger partial charge in [-0.3, -0.25) is 9.59 Å². The number of ketones is 1. The van der Waals surface area contributed by atoms with Crippen molar-refractivity contribution in [3.8, 4) is 0 Å². The van der Waals surface area contributed by atoms with Crippen molar-refractivity contribution in [3.05, 3.63) is 29.3 Å². The van der Waals surface area contributed by atoms with Crippen LogP contribution in [0.5, 0.6) is 0 Å². The van der Waals surface area contributed by atoms with Crippen molar-refractivity contribution in [3.63, 3.8) is 0 Å². The molecule has 0 aliphatic heterocycles. The van der Waals surface area contributed by atoms with Gasteiger partial charge in [-0.1, -0.05) is 51.2 Å². The van der Waals surface area contributed by atoms with E-state index in [2.05, 4.69) is 17.2 Å². The van der Waals surface area contributed by atoms with Gasteiger partial charge >= 0.3 is 0 Å². The Morgan fingerprint density at radius 2 is 2.00 bits per heavy atom. The molecule has 25 heavy (non-hydrogen) atoms. The lowest BCUT2D eigenvalue weighted by atomic mass is 10.0. The molecule has 1 fully saturated rings. The molecule has 1 aromatic carbocycles. The Kier molecular flexibility index (Phi) is 6.19. The second kappa shape index (κ2) is 8.56. The monoisotopic (exact) mass is 358 g/mol. The lowest BCUT2D eigenvalue weighted by molar-refractivity contribution is -0.125. The van der Waals surface area contributed by atoms with Gasteiger partial charge in [-0.15, -0.1) is 11.3 Å². The second-order valence-corrected chi connectivity index (χ2v) is 7.92. The molecule has 0 radical (unpaired) electrons. The van der Waals surface area contributed by atoms with E-state index in [-0.39, 0.29) is 17.6 Å². The molecular weight excluding hydrogens is 332 g/mol. The Bertz CT molecular complexity index is 701. The van der Waals surface area contributed by atoms with E-state index in [0.717, 1.165) is 55.2 Å². The molecule has 1 aliphatic rings. The molecule has 1 unspecified atom stereocenters. The molecule has 1 aromatic heterocycles. The van der Waals surface area contributed by atoms with Gasteiger partial charge in [0.25, 0.3) is 0 Å². The van der Waals surface area contributed by atoms with Crippen LogP contribution in [-0.2, 0) is 4.79 Å². The second-order valence-electron chi connectivity index (χ2n) is 6.89. The van der Waals surface area contributed by atoms with Gasteiger partial charge in [-0.2, -0.15) is 0 Å². The number of nitrogens with zero attached hydrogens (tertiary/aromatic N) is 1. The predicted octanol–water partition coefficient (Wildman–Crippen LogP) is 4.73. The number of fused-ring (bicyclic) bond motifs is 1. The Labute approximate surface area is 153 Å². The van der Waals surface area contributed by atoms with E-state index in [1.165, 1.54) is 11.3 Å². The van der Waals surface area contributed by atoms with Gasteiger partial charge in [0, 0.05) is 5.92 Å². The fourth-order valence-corrected chi connectivity index (χ4v) is 4.43. The molecule has 1 saturated carbocycles. The lowest BCUT2D eigenvalue weighted by Gasteiger charge is -2.19. The molecule has 1 amide bonds. The number of carbonyl (C=O) groups excluding carboxylic acids is 2. The van der Waals surface area contributed by atoms with Gasteiger partial charge in [-0.05, 0) is 31.4 Å². The smallest absolute Gasteiger partial charge is 0.223 e. The first-order valence-corrected chi connectivity index (χ1v) is 10.2. The van der Waals surface area contributed by atoms with Crippen LogP contribution in [0, 0.1) is 5.92 Å². The number of thiazole rings is 1. The molecule has 0 spiro atoms. The van der Waals surface area contributed by atoms with Crippen LogP contribution in [0.1, 0.15) is 68.1 Å². The SMILES string of the molecule is CCCCCC(NC(=O)C1CCCC1)C(=O)c1nc2ccccc2s1. The molecule has 1 aliphatic carbocycles. The summed E-state index contributed by atoms with van der Waals surface area (Å²) in [5.74, 6) is 0.0916. The summed E-state index contributed by atoms with van der Waals surface area (Å²) in [6.45, 7) is 2.14. The molecule has 1 atom stereocenters. The average molecular weight is 359 g/mol. The first-order valence-electron chi connectivity index (χ1n) is 9.39. The lowest BCUT2D eigenvalue weighted by Crippen LogP contribution is -2.43. The average Bonchev–Trinajstić information content (AvgIpc) is 3.29. The summed E-state index contributed by atoms with van der Waals surface area (Å²) in [7, 11) is 0. The number of carbonyl (C=O) groups is 2. The van der Waals surface area contributed by atoms with E-state index < -0.39 is 6.04 Å². The third-order valence-corrected chi connectivity index (χ3v) is 6.01. The molecule has 2 aromatic rings. The van der Waals surface area contributed by atoms with Gasteiger partial charge in [0.1, 0.15) is 0 Å². The van der Waals surface area contributed by atoms with Crippen LogP contribution in [0.25, 0.3) is 10.2 Å². The van der Waals surface area contributed by atoms with Crippen molar-refractivity contribution < 1.29 is 9.59 Å². The minimum Gasteiger partial charge on any atom is -0.346 e. The fourth-order valence-electron chi connectivity index (χ4n) is 3.47. The van der Waals surface area contributed by atoms with Crippen molar-refractivity contribution in [1.82, 2.24) is 10.3 Å². The Hall–Kier alpha value is -1.75. The number of hydrogen-bond acceptors (Lipinski definition) is 4. The summed E-state index contributed by atoms with van der Waals surface area (Å²) in [6.07, 6.45) is 7.94. The highest BCUT2D eigenvalue weighted by atomic mass is 32.1. The number of benzene rings is 1. The Morgan fingerprint density at radius 1 is 1.24 bits per heavy atom. The number of Topliss-reactive ketones (excluding diaryl/α,β-unsaturated/α-hetero) is 1. The minimum atomic E-state index is -0.444. The van der Waals surface area contributed by atoms with Crippen molar-refractivity contribution in [2.75, 3.05) is 0 Å². The summed E-state index contributed by atoms with van der Waals surface area (Å²) in [6, 6.07) is 7.34. The maximum absolute atomic E-state index is 13.0. The van der Waals surface area contributed by atoms with Crippen molar-refractivity contribution >= 4 is 33.2 Å². The number of rotatable bonds is 8. The molecule has 1 heterocycles. The Balaban J connectivity index is 1.74. The predicted molar refractivity (Wildman–Crippen MR) is 102 cm³/mol. The normalized spacial score (nSPS) is 16.2. The fraction of sp³-hybridized carbons (Fsp3) is 0.550. The maximum Gasteiger partial charge on any atom is 0.223 e. The molecule has 4 nitrogen and oxygen atoms in total. The van der Waals surface area contributed by atoms with Crippen molar-refractivity contribution in [1.29, 1.82) is 0 Å². The summed E-state index contributed by atoms with van der Waals surface area (Å²) >= 11 is 1.42. The quantitative estimate of drug-likeness (QED) is 0.548. The number of para-hydroxylation sites is 1. The van der Waals surface area contributed by atoms with Crippen LogP contribution in [0.15, 0.2) is 24.3 Å². The number of unbranched alkanes of at least 4 members (excludes halogenated alkanes) is 2. The van der Waals surface area contributed by atoms with E-state index in [4.69, 9.17) is 0 Å². The zero-order chi connectivity index (χ0) is 17.6. The van der Waals surface area contributed by atoms with Gasteiger partial charge in [0.15, 0.2) is 5.01 Å². The van der Waals surface area contributed by atoms with Crippen LogP contribution in [0.2, 0.25) is 0 Å². The molecular formula is C20H26N2O2S. The summed E-state index contributed by atoms with van der Waals surface area (Å²) in [4.78, 5) is 30.0. The first-order chi connectivity index (χ1) is 12.2. The van der Waals surface area contributed by atoms with Crippen LogP contribution in [0.4, 0.5) is 0 Å². The Morgan fingerprint density at radius 3 is 2.72 bits per heavy atom. The number of amides is 1. The van der Waals surface area contributed by atoms with Crippen LogP contribution < -0.4 is 5.32 Å². The van der Waals surface area contributed by atoms with E-state index in [1.54, 1.807) is 0 Å². The van der Waals surface area contributed by atoms with Gasteiger partial charge < -0.3 is 5.32 Å². The molecule has 5 heteroatoms. The van der Waals surface area contributed by atoms with E-state index >= 15 is 0 Å². The van der Waals surface area contributed by atoms with Crippen LogP contribution >= 0.6 is 11.3 Å². The van der Waals surface area contributed by atoms with Gasteiger partial charge in [0.05, 0.1) is 16.3 Å². The third kappa shape index (κ3) is 4.46. The highest BCUT2D eigenvalue weighted by molar-refractivity contribution is 7.20. The van der Waals surface area contributed by atoms with Crippen LogP contribution in [0.3, 0.4) is 0 Å². The summed E-state index contributed by atoms with van der Waals surface area (Å²) in [5, 5.41) is 3.55. The zero-order valence-corrected chi connectivity index (χ0v) is 15.6. The molecule has 3 rings (SSSR count). The third-order valence-electron chi connectivity index (χ3n) is 4.96. The maximum atomic E-state index is 13.0. The molecule has 0 bridgehead atoms. The van der Waals surface area contributed by atoms with E-state index in [0.29, 0.717) is 11.4 Å². The standard InChI is InChI=1S/C20H26N2O2S/c1-2-3-4-12-16(21-19(24)14-9-5-6-10-14)18(23)20-22-15-11-7-8-13-17(15)25-20/h7-8,11,13-14,16H,2-6,9-10,12H2,1H3,(H,21,24). The number of nitrogens with one attached hydrogen (secondary N) is 1. The van der Waals surface area contributed by atoms with Gasteiger partial charge in [-0.25, -0.2) is 4.98 Å². The molecule has 1 N–H and O–H groups in total. The van der Waals surface area contributed by atoms with Crippen LogP contribution in [-0.4, -0.2) is 22.7 Å². The number of aromatic nitrogens is 1. The van der Waals surface area contributed by atoms with Crippen molar-refractivity contribution in [2.45, 2.75) is 64.3 Å².